The lowest BCUT2D eigenvalue weighted by atomic mass is 9.85. The minimum Gasteiger partial charge on any atom is -0.396 e. The van der Waals surface area contributed by atoms with E-state index in [4.69, 9.17) is 0 Å². The summed E-state index contributed by atoms with van der Waals surface area (Å²) < 4.78 is 0. The van der Waals surface area contributed by atoms with E-state index in [1.165, 1.54) is 6.07 Å². The molecule has 1 aliphatic rings. The predicted octanol–water partition coefficient (Wildman–Crippen LogP) is 0.964. The highest BCUT2D eigenvalue weighted by Gasteiger charge is 2.39. The molecule has 19 heavy (non-hydrogen) atoms. The van der Waals surface area contributed by atoms with E-state index in [1.54, 1.807) is 13.0 Å². The quantitative estimate of drug-likeness (QED) is 0.760. The summed E-state index contributed by atoms with van der Waals surface area (Å²) in [4.78, 5) is 26.5. The fourth-order valence-corrected chi connectivity index (χ4v) is 2.66. The second kappa shape index (κ2) is 5.17. The van der Waals surface area contributed by atoms with Crippen LogP contribution in [0.15, 0.2) is 16.9 Å². The number of rotatable bonds is 3. The Morgan fingerprint density at radius 1 is 1.58 bits per heavy atom. The van der Waals surface area contributed by atoms with E-state index < -0.39 is 0 Å². The number of pyridine rings is 1. The van der Waals surface area contributed by atoms with E-state index >= 15 is 0 Å². The SMILES string of the molecule is Cc1ccc(C(=O)NC2CCCC2(C)CO)c(=O)[nH]1. The zero-order valence-electron chi connectivity index (χ0n) is 11.3. The number of carbonyl (C=O) groups excluding carboxylic acids is 1. The van der Waals surface area contributed by atoms with Gasteiger partial charge in [0.05, 0.1) is 6.61 Å². The van der Waals surface area contributed by atoms with Crippen molar-refractivity contribution in [2.45, 2.75) is 39.2 Å². The van der Waals surface area contributed by atoms with Crippen LogP contribution < -0.4 is 10.9 Å². The molecule has 1 aliphatic carbocycles. The number of aliphatic hydroxyl groups excluding tert-OH is 1. The first-order chi connectivity index (χ1) is 8.96. The van der Waals surface area contributed by atoms with Crippen LogP contribution in [-0.2, 0) is 0 Å². The lowest BCUT2D eigenvalue weighted by Crippen LogP contribution is -2.45. The van der Waals surface area contributed by atoms with Crippen LogP contribution in [-0.4, -0.2) is 28.6 Å². The topological polar surface area (TPSA) is 82.2 Å². The number of hydrogen-bond acceptors (Lipinski definition) is 3. The predicted molar refractivity (Wildman–Crippen MR) is 72.1 cm³/mol. The van der Waals surface area contributed by atoms with Gasteiger partial charge in [0, 0.05) is 17.2 Å². The van der Waals surface area contributed by atoms with Crippen LogP contribution in [0.3, 0.4) is 0 Å². The van der Waals surface area contributed by atoms with Gasteiger partial charge in [0.1, 0.15) is 5.56 Å². The molecule has 2 rings (SSSR count). The molecule has 1 amide bonds. The van der Waals surface area contributed by atoms with Gasteiger partial charge in [-0.25, -0.2) is 0 Å². The van der Waals surface area contributed by atoms with Crippen molar-refractivity contribution >= 4 is 5.91 Å². The number of nitrogens with one attached hydrogen (secondary N) is 2. The van der Waals surface area contributed by atoms with Gasteiger partial charge in [0.2, 0.25) is 0 Å². The highest BCUT2D eigenvalue weighted by Crippen LogP contribution is 2.37. The van der Waals surface area contributed by atoms with Crippen LogP contribution in [0.1, 0.15) is 42.2 Å². The fraction of sp³-hybridized carbons (Fsp3) is 0.571. The third-order valence-electron chi connectivity index (χ3n) is 4.05. The third kappa shape index (κ3) is 2.71. The average Bonchev–Trinajstić information content (AvgIpc) is 2.71. The van der Waals surface area contributed by atoms with Crippen LogP contribution in [0.25, 0.3) is 0 Å². The molecule has 2 unspecified atom stereocenters. The Kier molecular flexibility index (Phi) is 3.75. The molecule has 1 saturated carbocycles. The highest BCUT2D eigenvalue weighted by molar-refractivity contribution is 5.94. The summed E-state index contributed by atoms with van der Waals surface area (Å²) in [5.41, 5.74) is 0.189. The molecule has 0 spiro atoms. The maximum absolute atomic E-state index is 12.1. The maximum atomic E-state index is 12.1. The molecular formula is C14H20N2O3. The second-order valence-corrected chi connectivity index (χ2v) is 5.61. The first kappa shape index (κ1) is 13.8. The molecule has 5 nitrogen and oxygen atoms in total. The van der Waals surface area contributed by atoms with Gasteiger partial charge in [-0.05, 0) is 31.9 Å². The first-order valence-corrected chi connectivity index (χ1v) is 6.58. The Labute approximate surface area is 112 Å². The van der Waals surface area contributed by atoms with Gasteiger partial charge in [-0.3, -0.25) is 9.59 Å². The number of hydrogen-bond donors (Lipinski definition) is 3. The van der Waals surface area contributed by atoms with Crippen molar-refractivity contribution in [3.8, 4) is 0 Å². The molecule has 0 saturated heterocycles. The third-order valence-corrected chi connectivity index (χ3v) is 4.05. The molecule has 0 bridgehead atoms. The van der Waals surface area contributed by atoms with E-state index in [-0.39, 0.29) is 35.1 Å². The number of carbonyl (C=O) groups is 1. The number of aryl methyl sites for hydroxylation is 1. The largest absolute Gasteiger partial charge is 0.396 e. The Morgan fingerprint density at radius 3 is 2.95 bits per heavy atom. The minimum absolute atomic E-state index is 0.0439. The van der Waals surface area contributed by atoms with Crippen LogP contribution in [0.5, 0.6) is 0 Å². The molecule has 0 aliphatic heterocycles. The molecule has 1 aromatic heterocycles. The number of aromatic amines is 1. The summed E-state index contributed by atoms with van der Waals surface area (Å²) in [5.74, 6) is -0.368. The highest BCUT2D eigenvalue weighted by atomic mass is 16.3. The van der Waals surface area contributed by atoms with Crippen molar-refractivity contribution in [2.24, 2.45) is 5.41 Å². The fourth-order valence-electron chi connectivity index (χ4n) is 2.66. The lowest BCUT2D eigenvalue weighted by molar-refractivity contribution is 0.0829. The van der Waals surface area contributed by atoms with Gasteiger partial charge in [-0.2, -0.15) is 0 Å². The van der Waals surface area contributed by atoms with Gasteiger partial charge < -0.3 is 15.4 Å². The summed E-state index contributed by atoms with van der Waals surface area (Å²) in [6.45, 7) is 3.77. The maximum Gasteiger partial charge on any atom is 0.260 e. The van der Waals surface area contributed by atoms with Crippen molar-refractivity contribution in [1.82, 2.24) is 10.3 Å². The molecule has 5 heteroatoms. The van der Waals surface area contributed by atoms with Gasteiger partial charge in [-0.15, -0.1) is 0 Å². The standard InChI is InChI=1S/C14H20N2O3/c1-9-5-6-10(12(18)15-9)13(19)16-11-4-3-7-14(11,2)8-17/h5-6,11,17H,3-4,7-8H2,1-2H3,(H,15,18)(H,16,19). The minimum atomic E-state index is -0.374. The number of amides is 1. The summed E-state index contributed by atoms with van der Waals surface area (Å²) in [7, 11) is 0. The van der Waals surface area contributed by atoms with Crippen molar-refractivity contribution in [3.05, 3.63) is 33.7 Å². The molecule has 0 radical (unpaired) electrons. The summed E-state index contributed by atoms with van der Waals surface area (Å²) in [6, 6.07) is 3.16. The van der Waals surface area contributed by atoms with Crippen LogP contribution in [0.4, 0.5) is 0 Å². The van der Waals surface area contributed by atoms with Crippen molar-refractivity contribution in [2.75, 3.05) is 6.61 Å². The first-order valence-electron chi connectivity index (χ1n) is 6.58. The molecule has 1 heterocycles. The van der Waals surface area contributed by atoms with E-state index in [2.05, 4.69) is 10.3 Å². The van der Waals surface area contributed by atoms with Crippen molar-refractivity contribution in [1.29, 1.82) is 0 Å². The Bertz CT molecular complexity index is 538. The molecule has 3 N–H and O–H groups in total. The average molecular weight is 264 g/mol. The molecule has 0 aromatic carbocycles. The second-order valence-electron chi connectivity index (χ2n) is 5.61. The van der Waals surface area contributed by atoms with Crippen LogP contribution >= 0.6 is 0 Å². The monoisotopic (exact) mass is 264 g/mol. The van der Waals surface area contributed by atoms with Gasteiger partial charge in [0.25, 0.3) is 11.5 Å². The normalized spacial score (nSPS) is 26.4. The lowest BCUT2D eigenvalue weighted by Gasteiger charge is -2.30. The molecule has 1 aromatic rings. The Balaban J connectivity index is 2.15. The Morgan fingerprint density at radius 2 is 2.32 bits per heavy atom. The smallest absolute Gasteiger partial charge is 0.260 e. The Hall–Kier alpha value is -1.62. The molecular weight excluding hydrogens is 244 g/mol. The van der Waals surface area contributed by atoms with E-state index in [0.29, 0.717) is 0 Å². The zero-order chi connectivity index (χ0) is 14.0. The van der Waals surface area contributed by atoms with Crippen molar-refractivity contribution in [3.63, 3.8) is 0 Å². The van der Waals surface area contributed by atoms with Gasteiger partial charge in [-0.1, -0.05) is 13.3 Å². The van der Waals surface area contributed by atoms with Crippen LogP contribution in [0.2, 0.25) is 0 Å². The van der Waals surface area contributed by atoms with Gasteiger partial charge in [0.15, 0.2) is 0 Å². The van der Waals surface area contributed by atoms with E-state index in [0.717, 1.165) is 25.0 Å². The number of H-pyrrole nitrogens is 1. The van der Waals surface area contributed by atoms with E-state index in [9.17, 15) is 14.7 Å². The van der Waals surface area contributed by atoms with Crippen LogP contribution in [0, 0.1) is 12.3 Å². The number of aliphatic hydroxyl groups is 1. The summed E-state index contributed by atoms with van der Waals surface area (Å²) >= 11 is 0. The summed E-state index contributed by atoms with van der Waals surface area (Å²) in [5, 5.41) is 12.3. The molecule has 1 fully saturated rings. The number of aromatic nitrogens is 1. The van der Waals surface area contributed by atoms with E-state index in [1.807, 2.05) is 6.92 Å². The molecule has 104 valence electrons. The van der Waals surface area contributed by atoms with Gasteiger partial charge >= 0.3 is 0 Å². The van der Waals surface area contributed by atoms with Crippen molar-refractivity contribution < 1.29 is 9.90 Å². The zero-order valence-corrected chi connectivity index (χ0v) is 11.3. The summed E-state index contributed by atoms with van der Waals surface area (Å²) in [6.07, 6.45) is 2.71. The molecule has 2 atom stereocenters.